The molecule has 19 heavy (non-hydrogen) atoms. The van der Waals surface area contributed by atoms with Crippen LogP contribution in [0.25, 0.3) is 0 Å². The number of benzene rings is 1. The van der Waals surface area contributed by atoms with Crippen LogP contribution in [0.5, 0.6) is 0 Å². The van der Waals surface area contributed by atoms with Gasteiger partial charge < -0.3 is 5.32 Å². The summed E-state index contributed by atoms with van der Waals surface area (Å²) in [4.78, 5) is 0.358. The van der Waals surface area contributed by atoms with E-state index in [1.54, 1.807) is 0 Å². The molecule has 2 unspecified atom stereocenters. The van der Waals surface area contributed by atoms with E-state index in [-0.39, 0.29) is 6.04 Å². The van der Waals surface area contributed by atoms with Crippen molar-refractivity contribution in [1.82, 2.24) is 5.32 Å². The Morgan fingerprint density at radius 2 is 2.00 bits per heavy atom. The van der Waals surface area contributed by atoms with E-state index >= 15 is 0 Å². The third-order valence-electron chi connectivity index (χ3n) is 3.82. The fourth-order valence-corrected chi connectivity index (χ4v) is 4.10. The van der Waals surface area contributed by atoms with E-state index < -0.39 is 22.4 Å². The van der Waals surface area contributed by atoms with Gasteiger partial charge in [0.05, 0.1) is 10.8 Å². The summed E-state index contributed by atoms with van der Waals surface area (Å²) >= 11 is 0. The average Bonchev–Trinajstić information content (AvgIpc) is 2.92. The fraction of sp³-hybridized carbons (Fsp3) is 0.571. The van der Waals surface area contributed by atoms with Crippen LogP contribution < -0.4 is 5.32 Å². The number of halogens is 2. The smallest absolute Gasteiger partial charge is 0.160 e. The van der Waals surface area contributed by atoms with E-state index in [2.05, 4.69) is 5.32 Å². The topological polar surface area (TPSA) is 29.1 Å². The lowest BCUT2D eigenvalue weighted by Gasteiger charge is -2.22. The molecule has 106 valence electrons. The van der Waals surface area contributed by atoms with Gasteiger partial charge in [-0.25, -0.2) is 8.78 Å². The maximum Gasteiger partial charge on any atom is 0.160 e. The van der Waals surface area contributed by atoms with Crippen molar-refractivity contribution in [2.75, 3.05) is 12.8 Å². The first-order valence-electron chi connectivity index (χ1n) is 6.62. The SMILES string of the molecule is CNC(CS(=O)c1ccc(F)c(F)c1)C1CCCC1. The molecule has 0 saturated heterocycles. The van der Waals surface area contributed by atoms with Gasteiger partial charge >= 0.3 is 0 Å². The van der Waals surface area contributed by atoms with Gasteiger partial charge in [0.15, 0.2) is 11.6 Å². The minimum atomic E-state index is -1.30. The lowest BCUT2D eigenvalue weighted by molar-refractivity contribution is 0.408. The summed E-state index contributed by atoms with van der Waals surface area (Å²) in [5.41, 5.74) is 0. The number of nitrogens with one attached hydrogen (secondary N) is 1. The summed E-state index contributed by atoms with van der Waals surface area (Å²) in [6.45, 7) is 0. The van der Waals surface area contributed by atoms with Crippen molar-refractivity contribution >= 4 is 10.8 Å². The quantitative estimate of drug-likeness (QED) is 0.902. The van der Waals surface area contributed by atoms with E-state index in [4.69, 9.17) is 0 Å². The highest BCUT2D eigenvalue weighted by atomic mass is 32.2. The van der Waals surface area contributed by atoms with Gasteiger partial charge in [0.1, 0.15) is 0 Å². The number of hydrogen-bond donors (Lipinski definition) is 1. The molecule has 1 N–H and O–H groups in total. The minimum Gasteiger partial charge on any atom is -0.316 e. The van der Waals surface area contributed by atoms with E-state index in [0.29, 0.717) is 16.6 Å². The molecule has 1 aliphatic carbocycles. The monoisotopic (exact) mass is 287 g/mol. The Bertz CT molecular complexity index is 461. The van der Waals surface area contributed by atoms with Crippen LogP contribution in [-0.4, -0.2) is 23.1 Å². The maximum absolute atomic E-state index is 13.1. The van der Waals surface area contributed by atoms with Gasteiger partial charge in [-0.1, -0.05) is 12.8 Å². The molecule has 0 heterocycles. The van der Waals surface area contributed by atoms with Gasteiger partial charge in [-0.2, -0.15) is 0 Å². The van der Waals surface area contributed by atoms with E-state index in [1.165, 1.54) is 18.9 Å². The van der Waals surface area contributed by atoms with Gasteiger partial charge in [0, 0.05) is 16.7 Å². The highest BCUT2D eigenvalue weighted by Gasteiger charge is 2.25. The van der Waals surface area contributed by atoms with Crippen molar-refractivity contribution in [1.29, 1.82) is 0 Å². The van der Waals surface area contributed by atoms with Crippen molar-refractivity contribution < 1.29 is 13.0 Å². The normalized spacial score (nSPS) is 19.5. The molecule has 1 fully saturated rings. The van der Waals surface area contributed by atoms with Gasteiger partial charge in [-0.3, -0.25) is 4.21 Å². The summed E-state index contributed by atoms with van der Waals surface area (Å²) < 4.78 is 38.2. The molecule has 0 aromatic heterocycles. The van der Waals surface area contributed by atoms with Crippen LogP contribution in [0, 0.1) is 17.6 Å². The summed E-state index contributed by atoms with van der Waals surface area (Å²) in [6.07, 6.45) is 4.75. The molecule has 0 radical (unpaired) electrons. The Labute approximate surface area is 115 Å². The van der Waals surface area contributed by atoms with E-state index in [1.807, 2.05) is 7.05 Å². The van der Waals surface area contributed by atoms with E-state index in [0.717, 1.165) is 25.0 Å². The molecule has 1 saturated carbocycles. The largest absolute Gasteiger partial charge is 0.316 e. The third-order valence-corrected chi connectivity index (χ3v) is 5.27. The fourth-order valence-electron chi connectivity index (χ4n) is 2.69. The second kappa shape index (κ2) is 6.57. The van der Waals surface area contributed by atoms with Crippen LogP contribution in [0.15, 0.2) is 23.1 Å². The summed E-state index contributed by atoms with van der Waals surface area (Å²) in [7, 11) is 0.569. The van der Waals surface area contributed by atoms with Crippen molar-refractivity contribution in [2.24, 2.45) is 5.92 Å². The molecule has 2 atom stereocenters. The maximum atomic E-state index is 13.1. The Morgan fingerprint density at radius 1 is 1.32 bits per heavy atom. The predicted octanol–water partition coefficient (Wildman–Crippen LogP) is 2.85. The predicted molar refractivity (Wildman–Crippen MR) is 72.4 cm³/mol. The van der Waals surface area contributed by atoms with Crippen LogP contribution in [0.2, 0.25) is 0 Å². The second-order valence-electron chi connectivity index (χ2n) is 5.03. The average molecular weight is 287 g/mol. The molecular formula is C14H19F2NOS. The molecule has 2 rings (SSSR count). The summed E-state index contributed by atoms with van der Waals surface area (Å²) in [5.74, 6) is -0.847. The molecule has 1 aliphatic rings. The van der Waals surface area contributed by atoms with Crippen molar-refractivity contribution in [3.05, 3.63) is 29.8 Å². The van der Waals surface area contributed by atoms with E-state index in [9.17, 15) is 13.0 Å². The number of rotatable bonds is 5. The molecule has 1 aromatic rings. The minimum absolute atomic E-state index is 0.177. The molecule has 0 aliphatic heterocycles. The highest BCUT2D eigenvalue weighted by Crippen LogP contribution is 2.28. The van der Waals surface area contributed by atoms with Crippen LogP contribution in [-0.2, 0) is 10.8 Å². The highest BCUT2D eigenvalue weighted by molar-refractivity contribution is 7.85. The zero-order valence-corrected chi connectivity index (χ0v) is 11.8. The zero-order chi connectivity index (χ0) is 13.8. The van der Waals surface area contributed by atoms with Crippen molar-refractivity contribution in [3.63, 3.8) is 0 Å². The molecule has 0 spiro atoms. The molecular weight excluding hydrogens is 268 g/mol. The second-order valence-corrected chi connectivity index (χ2v) is 6.52. The van der Waals surface area contributed by atoms with Crippen molar-refractivity contribution in [3.8, 4) is 0 Å². The standard InChI is InChI=1S/C14H19F2NOS/c1-17-14(10-4-2-3-5-10)9-19(18)11-6-7-12(15)13(16)8-11/h6-8,10,14,17H,2-5,9H2,1H3. The van der Waals surface area contributed by atoms with Gasteiger partial charge in [0.25, 0.3) is 0 Å². The molecule has 1 aromatic carbocycles. The van der Waals surface area contributed by atoms with Crippen LogP contribution in [0.3, 0.4) is 0 Å². The van der Waals surface area contributed by atoms with Gasteiger partial charge in [-0.15, -0.1) is 0 Å². The van der Waals surface area contributed by atoms with Gasteiger partial charge in [0.2, 0.25) is 0 Å². The van der Waals surface area contributed by atoms with Crippen LogP contribution >= 0.6 is 0 Å². The lowest BCUT2D eigenvalue weighted by Crippen LogP contribution is -2.37. The third kappa shape index (κ3) is 3.60. The van der Waals surface area contributed by atoms with Crippen LogP contribution in [0.1, 0.15) is 25.7 Å². The molecule has 5 heteroatoms. The molecule has 0 bridgehead atoms. The van der Waals surface area contributed by atoms with Gasteiger partial charge in [-0.05, 0) is 44.0 Å². The summed E-state index contributed by atoms with van der Waals surface area (Å²) in [6, 6.07) is 3.64. The number of hydrogen-bond acceptors (Lipinski definition) is 2. The Morgan fingerprint density at radius 3 is 2.58 bits per heavy atom. The molecule has 0 amide bonds. The molecule has 2 nitrogen and oxygen atoms in total. The Hall–Kier alpha value is -0.810. The first-order chi connectivity index (χ1) is 9.11. The zero-order valence-electron chi connectivity index (χ0n) is 11.0. The Kier molecular flexibility index (Phi) is 5.05. The van der Waals surface area contributed by atoms with Crippen molar-refractivity contribution in [2.45, 2.75) is 36.6 Å². The summed E-state index contributed by atoms with van der Waals surface area (Å²) in [5, 5.41) is 3.21. The van der Waals surface area contributed by atoms with Crippen LogP contribution in [0.4, 0.5) is 8.78 Å². The first kappa shape index (κ1) is 14.6. The first-order valence-corrected chi connectivity index (χ1v) is 7.94. The lowest BCUT2D eigenvalue weighted by atomic mass is 10.0. The Balaban J connectivity index is 2.04.